The van der Waals surface area contributed by atoms with Gasteiger partial charge in [-0.15, -0.1) is 0 Å². The van der Waals surface area contributed by atoms with Crippen LogP contribution in [0.25, 0.3) is 10.9 Å². The van der Waals surface area contributed by atoms with Gasteiger partial charge in [0.15, 0.2) is 0 Å². The zero-order valence-electron chi connectivity index (χ0n) is 17.0. The summed E-state index contributed by atoms with van der Waals surface area (Å²) in [6.45, 7) is 4.17. The number of hydrogen-bond acceptors (Lipinski definition) is 5. The van der Waals surface area contributed by atoms with Crippen LogP contribution in [0.3, 0.4) is 0 Å². The Morgan fingerprint density at radius 3 is 2.57 bits per heavy atom. The molecular formula is C22H26N4O4. The van der Waals surface area contributed by atoms with E-state index in [9.17, 15) is 14.4 Å². The van der Waals surface area contributed by atoms with Gasteiger partial charge in [-0.25, -0.2) is 4.79 Å². The van der Waals surface area contributed by atoms with Gasteiger partial charge in [-0.05, 0) is 57.1 Å². The molecular weight excluding hydrogens is 384 g/mol. The van der Waals surface area contributed by atoms with Crippen molar-refractivity contribution in [3.8, 4) is 0 Å². The van der Waals surface area contributed by atoms with E-state index in [-0.39, 0.29) is 30.6 Å². The van der Waals surface area contributed by atoms with E-state index in [1.54, 1.807) is 37.5 Å². The first-order chi connectivity index (χ1) is 14.6. The fourth-order valence-electron chi connectivity index (χ4n) is 4.16. The van der Waals surface area contributed by atoms with E-state index in [2.05, 4.69) is 10.2 Å². The number of carbonyl (C=O) groups is 1. The van der Waals surface area contributed by atoms with E-state index in [0.29, 0.717) is 17.4 Å². The Morgan fingerprint density at radius 1 is 1.10 bits per heavy atom. The lowest BCUT2D eigenvalue weighted by Crippen LogP contribution is -2.43. The molecule has 1 fully saturated rings. The molecule has 3 heterocycles. The van der Waals surface area contributed by atoms with Crippen molar-refractivity contribution in [3.63, 3.8) is 0 Å². The van der Waals surface area contributed by atoms with E-state index in [1.807, 2.05) is 12.1 Å². The molecule has 1 unspecified atom stereocenters. The van der Waals surface area contributed by atoms with Crippen molar-refractivity contribution in [2.45, 2.75) is 38.9 Å². The number of aromatic nitrogens is 2. The van der Waals surface area contributed by atoms with E-state index >= 15 is 0 Å². The molecule has 1 N–H and O–H groups in total. The fraction of sp³-hybridized carbons (Fsp3) is 0.409. The van der Waals surface area contributed by atoms with E-state index in [4.69, 9.17) is 4.42 Å². The molecule has 1 amide bonds. The van der Waals surface area contributed by atoms with Crippen LogP contribution in [0.1, 0.15) is 31.6 Å². The normalized spacial score (nSPS) is 15.5. The Kier molecular flexibility index (Phi) is 5.85. The van der Waals surface area contributed by atoms with Gasteiger partial charge in [0, 0.05) is 13.1 Å². The molecule has 1 aliphatic rings. The van der Waals surface area contributed by atoms with Crippen molar-refractivity contribution in [3.05, 3.63) is 69.3 Å². The maximum absolute atomic E-state index is 12.8. The molecule has 158 valence electrons. The molecule has 1 aliphatic heterocycles. The third-order valence-corrected chi connectivity index (χ3v) is 5.70. The van der Waals surface area contributed by atoms with E-state index in [0.717, 1.165) is 36.3 Å². The van der Waals surface area contributed by atoms with Crippen LogP contribution in [0.2, 0.25) is 0 Å². The van der Waals surface area contributed by atoms with Crippen LogP contribution in [0.4, 0.5) is 0 Å². The highest BCUT2D eigenvalue weighted by molar-refractivity contribution is 5.81. The minimum absolute atomic E-state index is 0.0375. The third-order valence-electron chi connectivity index (χ3n) is 5.70. The maximum Gasteiger partial charge on any atom is 0.331 e. The number of furan rings is 1. The van der Waals surface area contributed by atoms with Crippen LogP contribution in [0, 0.1) is 0 Å². The summed E-state index contributed by atoms with van der Waals surface area (Å²) in [7, 11) is 0. The monoisotopic (exact) mass is 410 g/mol. The predicted molar refractivity (Wildman–Crippen MR) is 113 cm³/mol. The number of fused-ring (bicyclic) bond motifs is 1. The first-order valence-corrected chi connectivity index (χ1v) is 10.4. The first kappa shape index (κ1) is 20.2. The van der Waals surface area contributed by atoms with Crippen molar-refractivity contribution < 1.29 is 9.21 Å². The average Bonchev–Trinajstić information content (AvgIpc) is 3.47. The molecule has 4 rings (SSSR count). The zero-order valence-corrected chi connectivity index (χ0v) is 17.0. The van der Waals surface area contributed by atoms with Crippen molar-refractivity contribution in [2.75, 3.05) is 19.6 Å². The van der Waals surface area contributed by atoms with Gasteiger partial charge >= 0.3 is 5.69 Å². The van der Waals surface area contributed by atoms with Crippen LogP contribution in [-0.4, -0.2) is 39.6 Å². The van der Waals surface area contributed by atoms with Gasteiger partial charge in [-0.3, -0.25) is 23.6 Å². The van der Waals surface area contributed by atoms with Crippen LogP contribution < -0.4 is 16.6 Å². The Balaban J connectivity index is 1.56. The van der Waals surface area contributed by atoms with Crippen LogP contribution in [0.15, 0.2) is 56.7 Å². The largest absolute Gasteiger partial charge is 0.468 e. The molecule has 0 bridgehead atoms. The number of likely N-dealkylation sites (tertiary alicyclic amines) is 1. The molecule has 30 heavy (non-hydrogen) atoms. The van der Waals surface area contributed by atoms with Gasteiger partial charge in [-0.2, -0.15) is 0 Å². The number of hydrogen-bond donors (Lipinski definition) is 1. The minimum atomic E-state index is -0.474. The topological polar surface area (TPSA) is 89.5 Å². The van der Waals surface area contributed by atoms with Crippen LogP contribution in [-0.2, 0) is 17.9 Å². The predicted octanol–water partition coefficient (Wildman–Crippen LogP) is 1.73. The molecule has 1 aromatic carbocycles. The van der Waals surface area contributed by atoms with Gasteiger partial charge in [0.2, 0.25) is 5.91 Å². The Bertz CT molecular complexity index is 1140. The number of benzene rings is 1. The number of rotatable bonds is 7. The molecule has 8 heteroatoms. The SMILES string of the molecule is CCn1c(=O)c2ccccc2n(CC(=O)NCC(c2ccco2)N2CCCC2)c1=O. The standard InChI is InChI=1S/C22H26N4O4/c1-2-25-21(28)16-8-3-4-9-17(16)26(22(25)29)15-20(27)23-14-18(19-10-7-13-30-19)24-11-5-6-12-24/h3-4,7-10,13,18H,2,5-6,11-12,14-15H2,1H3,(H,23,27). The summed E-state index contributed by atoms with van der Waals surface area (Å²) >= 11 is 0. The summed E-state index contributed by atoms with van der Waals surface area (Å²) in [4.78, 5) is 40.4. The number of carbonyl (C=O) groups excluding carboxylic acids is 1. The summed E-state index contributed by atoms with van der Waals surface area (Å²) in [6, 6.07) is 10.6. The Morgan fingerprint density at radius 2 is 1.87 bits per heavy atom. The second-order valence-electron chi connectivity index (χ2n) is 7.51. The van der Waals surface area contributed by atoms with Gasteiger partial charge in [0.1, 0.15) is 12.3 Å². The Labute approximate surface area is 173 Å². The summed E-state index contributed by atoms with van der Waals surface area (Å²) in [5.74, 6) is 0.540. The second kappa shape index (κ2) is 8.71. The first-order valence-electron chi connectivity index (χ1n) is 10.4. The molecule has 2 aromatic heterocycles. The van der Waals surface area contributed by atoms with Crippen molar-refractivity contribution in [2.24, 2.45) is 0 Å². The van der Waals surface area contributed by atoms with Crippen molar-refractivity contribution >= 4 is 16.8 Å². The van der Waals surface area contributed by atoms with Crippen LogP contribution in [0.5, 0.6) is 0 Å². The summed E-state index contributed by atoms with van der Waals surface area (Å²) in [6.07, 6.45) is 3.90. The summed E-state index contributed by atoms with van der Waals surface area (Å²) < 4.78 is 8.12. The van der Waals surface area contributed by atoms with Gasteiger partial charge < -0.3 is 9.73 Å². The molecule has 0 saturated carbocycles. The molecule has 0 radical (unpaired) electrons. The Hall–Kier alpha value is -3.13. The minimum Gasteiger partial charge on any atom is -0.468 e. The second-order valence-corrected chi connectivity index (χ2v) is 7.51. The molecule has 1 saturated heterocycles. The average molecular weight is 410 g/mol. The number of nitrogens with one attached hydrogen (secondary N) is 1. The molecule has 0 aliphatic carbocycles. The zero-order chi connectivity index (χ0) is 21.1. The van der Waals surface area contributed by atoms with Gasteiger partial charge in [-0.1, -0.05) is 12.1 Å². The number of para-hydroxylation sites is 1. The fourth-order valence-corrected chi connectivity index (χ4v) is 4.16. The van der Waals surface area contributed by atoms with E-state index in [1.165, 1.54) is 4.57 Å². The summed E-state index contributed by atoms with van der Waals surface area (Å²) in [5.41, 5.74) is -0.338. The van der Waals surface area contributed by atoms with Gasteiger partial charge in [0.25, 0.3) is 5.56 Å². The maximum atomic E-state index is 12.8. The lowest BCUT2D eigenvalue weighted by molar-refractivity contribution is -0.121. The summed E-state index contributed by atoms with van der Waals surface area (Å²) in [5, 5.41) is 3.38. The van der Waals surface area contributed by atoms with Gasteiger partial charge in [0.05, 0.1) is 23.2 Å². The lowest BCUT2D eigenvalue weighted by Gasteiger charge is -2.26. The molecule has 0 spiro atoms. The molecule has 8 nitrogen and oxygen atoms in total. The molecule has 3 aromatic rings. The number of nitrogens with zero attached hydrogens (tertiary/aromatic N) is 3. The van der Waals surface area contributed by atoms with Crippen molar-refractivity contribution in [1.82, 2.24) is 19.4 Å². The van der Waals surface area contributed by atoms with E-state index < -0.39 is 5.69 Å². The quantitative estimate of drug-likeness (QED) is 0.641. The molecule has 1 atom stereocenters. The van der Waals surface area contributed by atoms with Crippen molar-refractivity contribution in [1.29, 1.82) is 0 Å². The smallest absolute Gasteiger partial charge is 0.331 e. The third kappa shape index (κ3) is 3.82. The van der Waals surface area contributed by atoms with Crippen LogP contribution >= 0.6 is 0 Å². The number of amides is 1. The highest BCUT2D eigenvalue weighted by Crippen LogP contribution is 2.24. The highest BCUT2D eigenvalue weighted by atomic mass is 16.3. The highest BCUT2D eigenvalue weighted by Gasteiger charge is 2.26. The lowest BCUT2D eigenvalue weighted by atomic mass is 10.2.